The molecule has 0 bridgehead atoms. The molecule has 1 saturated heterocycles. The first-order valence-electron chi connectivity index (χ1n) is 11.8. The summed E-state index contributed by atoms with van der Waals surface area (Å²) in [5.74, 6) is 5.69. The van der Waals surface area contributed by atoms with Gasteiger partial charge in [0.1, 0.15) is 18.2 Å². The molecular weight excluding hydrogens is 478 g/mol. The smallest absolute Gasteiger partial charge is 0.298 e. The summed E-state index contributed by atoms with van der Waals surface area (Å²) < 4.78 is 41.0. The standard InChI is InChI=1S/C28H24F2N4O3/c1-3-5-24(35)33-14-12-19(17-33)28-32-26(27-21(16-29)31-13-15-34(27)28)18-8-10-20(11-9-18)37-23-7-4-6-22(36-2)25(23)30/h4,6-11,13,15,19H,12,14,16-17H2,1-2H3/t19-/m1/s1. The van der Waals surface area contributed by atoms with Crippen molar-refractivity contribution in [2.24, 2.45) is 0 Å². The third-order valence-electron chi connectivity index (χ3n) is 6.36. The zero-order valence-electron chi connectivity index (χ0n) is 20.4. The van der Waals surface area contributed by atoms with Gasteiger partial charge in [0.05, 0.1) is 24.0 Å². The molecule has 1 aliphatic heterocycles. The minimum atomic E-state index is -0.750. The van der Waals surface area contributed by atoms with Gasteiger partial charge in [-0.05, 0) is 55.7 Å². The molecule has 0 spiro atoms. The summed E-state index contributed by atoms with van der Waals surface area (Å²) in [5.41, 5.74) is 2.16. The number of hydrogen-bond acceptors (Lipinski definition) is 5. The SMILES string of the molecule is CC#CC(=O)N1CC[C@@H](c2nc(-c3ccc(Oc4cccc(OC)c4F)cc3)c3c(CF)nccn23)C1. The van der Waals surface area contributed by atoms with Gasteiger partial charge in [-0.25, -0.2) is 9.37 Å². The maximum atomic E-state index is 14.5. The van der Waals surface area contributed by atoms with Crippen molar-refractivity contribution in [2.75, 3.05) is 20.2 Å². The molecule has 1 amide bonds. The number of ether oxygens (including phenoxy) is 2. The Morgan fingerprint density at radius 2 is 1.97 bits per heavy atom. The summed E-state index contributed by atoms with van der Waals surface area (Å²) in [4.78, 5) is 23.1. The molecule has 0 unspecified atom stereocenters. The molecule has 0 radical (unpaired) electrons. The second-order valence-corrected chi connectivity index (χ2v) is 8.56. The van der Waals surface area contributed by atoms with Crippen LogP contribution in [0.15, 0.2) is 54.9 Å². The summed E-state index contributed by atoms with van der Waals surface area (Å²) >= 11 is 0. The highest BCUT2D eigenvalue weighted by atomic mass is 19.1. The first-order valence-corrected chi connectivity index (χ1v) is 11.8. The van der Waals surface area contributed by atoms with Crippen LogP contribution in [0.3, 0.4) is 0 Å². The zero-order chi connectivity index (χ0) is 25.9. The second-order valence-electron chi connectivity index (χ2n) is 8.56. The van der Waals surface area contributed by atoms with E-state index in [-0.39, 0.29) is 29.0 Å². The number of amides is 1. The lowest BCUT2D eigenvalue weighted by molar-refractivity contribution is -0.124. The lowest BCUT2D eigenvalue weighted by atomic mass is 10.1. The number of aromatic nitrogens is 3. The van der Waals surface area contributed by atoms with Crippen LogP contribution >= 0.6 is 0 Å². The highest BCUT2D eigenvalue weighted by Gasteiger charge is 2.31. The van der Waals surface area contributed by atoms with Crippen LogP contribution in [0.5, 0.6) is 17.2 Å². The number of carbonyl (C=O) groups excluding carboxylic acids is 1. The number of nitrogens with zero attached hydrogens (tertiary/aromatic N) is 4. The quantitative estimate of drug-likeness (QED) is 0.342. The number of benzene rings is 2. The van der Waals surface area contributed by atoms with Crippen molar-refractivity contribution in [3.63, 3.8) is 0 Å². The van der Waals surface area contributed by atoms with Crippen LogP contribution in [-0.2, 0) is 11.5 Å². The molecule has 37 heavy (non-hydrogen) atoms. The van der Waals surface area contributed by atoms with E-state index in [1.807, 2.05) is 4.40 Å². The maximum Gasteiger partial charge on any atom is 0.298 e. The Bertz CT molecular complexity index is 1520. The topological polar surface area (TPSA) is 69.0 Å². The van der Waals surface area contributed by atoms with Gasteiger partial charge in [-0.3, -0.25) is 14.2 Å². The second kappa shape index (κ2) is 10.3. The molecular formula is C28H24F2N4O3. The number of rotatable bonds is 6. The number of carbonyl (C=O) groups is 1. The van der Waals surface area contributed by atoms with E-state index in [1.54, 1.807) is 54.5 Å². The zero-order valence-corrected chi connectivity index (χ0v) is 20.4. The fourth-order valence-corrected chi connectivity index (χ4v) is 4.59. The lowest BCUT2D eigenvalue weighted by Gasteiger charge is -2.12. The number of likely N-dealkylation sites (tertiary alicyclic amines) is 1. The number of halogens is 2. The Balaban J connectivity index is 1.49. The van der Waals surface area contributed by atoms with Gasteiger partial charge in [0.25, 0.3) is 5.91 Å². The predicted molar refractivity (Wildman–Crippen MR) is 134 cm³/mol. The van der Waals surface area contributed by atoms with E-state index in [0.29, 0.717) is 30.0 Å². The van der Waals surface area contributed by atoms with E-state index in [4.69, 9.17) is 14.5 Å². The normalized spacial score (nSPS) is 14.9. The van der Waals surface area contributed by atoms with E-state index >= 15 is 0 Å². The van der Waals surface area contributed by atoms with Crippen molar-refractivity contribution >= 4 is 11.4 Å². The third kappa shape index (κ3) is 4.58. The van der Waals surface area contributed by atoms with Crippen LogP contribution in [0.2, 0.25) is 0 Å². The maximum absolute atomic E-state index is 14.5. The Labute approximate surface area is 212 Å². The first kappa shape index (κ1) is 24.3. The van der Waals surface area contributed by atoms with Crippen molar-refractivity contribution in [3.05, 3.63) is 72.2 Å². The fourth-order valence-electron chi connectivity index (χ4n) is 4.59. The van der Waals surface area contributed by atoms with E-state index in [0.717, 1.165) is 17.8 Å². The molecule has 9 heteroatoms. The molecule has 1 atom stereocenters. The summed E-state index contributed by atoms with van der Waals surface area (Å²) in [6.45, 7) is 1.95. The minimum absolute atomic E-state index is 0.0302. The van der Waals surface area contributed by atoms with Gasteiger partial charge in [0.15, 0.2) is 11.5 Å². The van der Waals surface area contributed by atoms with Crippen LogP contribution in [0.4, 0.5) is 8.78 Å². The molecule has 3 heterocycles. The van der Waals surface area contributed by atoms with Gasteiger partial charge in [0.2, 0.25) is 5.82 Å². The van der Waals surface area contributed by atoms with Crippen molar-refractivity contribution in [1.29, 1.82) is 0 Å². The fraction of sp³-hybridized carbons (Fsp3) is 0.250. The van der Waals surface area contributed by atoms with Crippen molar-refractivity contribution < 1.29 is 23.0 Å². The Hall–Kier alpha value is -4.45. The van der Waals surface area contributed by atoms with Crippen molar-refractivity contribution in [3.8, 4) is 40.3 Å². The van der Waals surface area contributed by atoms with Crippen molar-refractivity contribution in [2.45, 2.75) is 25.9 Å². The lowest BCUT2D eigenvalue weighted by Crippen LogP contribution is -2.27. The van der Waals surface area contributed by atoms with E-state index in [2.05, 4.69) is 16.8 Å². The van der Waals surface area contributed by atoms with Crippen molar-refractivity contribution in [1.82, 2.24) is 19.3 Å². The first-order chi connectivity index (χ1) is 18.0. The van der Waals surface area contributed by atoms with Crippen LogP contribution in [0.1, 0.15) is 30.8 Å². The third-order valence-corrected chi connectivity index (χ3v) is 6.36. The molecule has 1 fully saturated rings. The average Bonchev–Trinajstić information content (AvgIpc) is 3.56. The van der Waals surface area contributed by atoms with Gasteiger partial charge >= 0.3 is 0 Å². The number of imidazole rings is 1. The van der Waals surface area contributed by atoms with Gasteiger partial charge < -0.3 is 14.4 Å². The molecule has 7 nitrogen and oxygen atoms in total. The molecule has 2 aromatic carbocycles. The number of alkyl halides is 1. The Kier molecular flexibility index (Phi) is 6.73. The average molecular weight is 503 g/mol. The molecule has 1 aliphatic rings. The highest BCUT2D eigenvalue weighted by molar-refractivity contribution is 5.93. The largest absolute Gasteiger partial charge is 0.494 e. The number of hydrogen-bond donors (Lipinski definition) is 0. The van der Waals surface area contributed by atoms with Gasteiger partial charge in [0, 0.05) is 37.0 Å². The molecule has 4 aromatic rings. The summed E-state index contributed by atoms with van der Waals surface area (Å²) in [7, 11) is 1.39. The molecule has 0 saturated carbocycles. The Morgan fingerprint density at radius 1 is 1.19 bits per heavy atom. The molecule has 5 rings (SSSR count). The van der Waals surface area contributed by atoms with Gasteiger partial charge in [-0.2, -0.15) is 4.39 Å². The number of fused-ring (bicyclic) bond motifs is 1. The molecule has 0 N–H and O–H groups in total. The Morgan fingerprint density at radius 3 is 2.70 bits per heavy atom. The monoisotopic (exact) mass is 502 g/mol. The van der Waals surface area contributed by atoms with Gasteiger partial charge in [-0.1, -0.05) is 12.0 Å². The van der Waals surface area contributed by atoms with Crippen LogP contribution < -0.4 is 9.47 Å². The van der Waals surface area contributed by atoms with Crippen LogP contribution in [0, 0.1) is 17.7 Å². The molecule has 2 aromatic heterocycles. The van der Waals surface area contributed by atoms with E-state index in [1.165, 1.54) is 19.2 Å². The van der Waals surface area contributed by atoms with Gasteiger partial charge in [-0.15, -0.1) is 0 Å². The van der Waals surface area contributed by atoms with E-state index in [9.17, 15) is 13.6 Å². The highest BCUT2D eigenvalue weighted by Crippen LogP contribution is 2.35. The minimum Gasteiger partial charge on any atom is -0.494 e. The summed E-state index contributed by atoms with van der Waals surface area (Å²) in [5, 5.41) is 0. The molecule has 188 valence electrons. The van der Waals surface area contributed by atoms with E-state index < -0.39 is 12.5 Å². The summed E-state index contributed by atoms with van der Waals surface area (Å²) in [6.07, 6.45) is 4.04. The van der Waals surface area contributed by atoms with Crippen LogP contribution in [-0.4, -0.2) is 45.4 Å². The molecule has 0 aliphatic carbocycles. The number of methoxy groups -OCH3 is 1. The summed E-state index contributed by atoms with van der Waals surface area (Å²) in [6, 6.07) is 11.6. The van der Waals surface area contributed by atoms with Crippen LogP contribution in [0.25, 0.3) is 16.8 Å². The predicted octanol–water partition coefficient (Wildman–Crippen LogP) is 5.15.